The second-order valence-electron chi connectivity index (χ2n) is 9.34. The van der Waals surface area contributed by atoms with Gasteiger partial charge in [-0.05, 0) is 12.8 Å². The van der Waals surface area contributed by atoms with Gasteiger partial charge in [0.05, 0.1) is 12.6 Å². The average molecular weight is 441 g/mol. The molecular weight excluding hydrogens is 384 g/mol. The molecule has 0 saturated carbocycles. The highest BCUT2D eigenvalue weighted by molar-refractivity contribution is 5.76. The van der Waals surface area contributed by atoms with Gasteiger partial charge in [-0.3, -0.25) is 4.79 Å². The van der Waals surface area contributed by atoms with Crippen LogP contribution in [-0.2, 0) is 9.53 Å². The number of ether oxygens (including phenoxy) is 1. The van der Waals surface area contributed by atoms with Crippen LogP contribution in [0.15, 0.2) is 0 Å². The Bertz CT molecular complexity index is 363. The van der Waals surface area contributed by atoms with Crippen LogP contribution in [0.3, 0.4) is 0 Å². The van der Waals surface area contributed by atoms with Crippen LogP contribution in [0, 0.1) is 0 Å². The van der Waals surface area contributed by atoms with E-state index in [4.69, 9.17) is 10.5 Å². The number of hydrogen-bond acceptors (Lipinski definition) is 3. The summed E-state index contributed by atoms with van der Waals surface area (Å²) in [7, 11) is 0. The molecule has 0 saturated heterocycles. The molecule has 0 fully saturated rings. The van der Waals surface area contributed by atoms with Crippen LogP contribution in [0.5, 0.6) is 0 Å². The Labute approximate surface area is 194 Å². The molecule has 31 heavy (non-hydrogen) atoms. The first kappa shape index (κ1) is 30.4. The van der Waals surface area contributed by atoms with Crippen LogP contribution in [0.25, 0.3) is 0 Å². The number of unbranched alkanes of at least 4 members (excludes halogenated alkanes) is 17. The molecule has 0 bridgehead atoms. The lowest BCUT2D eigenvalue weighted by Gasteiger charge is -2.17. The van der Waals surface area contributed by atoms with Crippen molar-refractivity contribution < 1.29 is 9.53 Å². The lowest BCUT2D eigenvalue weighted by molar-refractivity contribution is -0.122. The van der Waals surface area contributed by atoms with E-state index in [0.29, 0.717) is 19.6 Å². The van der Waals surface area contributed by atoms with Gasteiger partial charge in [-0.15, -0.1) is 0 Å². The summed E-state index contributed by atoms with van der Waals surface area (Å²) in [6, 6.07) is -0.0470. The van der Waals surface area contributed by atoms with Crippen molar-refractivity contribution in [2.24, 2.45) is 5.73 Å². The quantitative estimate of drug-likeness (QED) is 0.146. The highest BCUT2D eigenvalue weighted by atomic mass is 16.5. The van der Waals surface area contributed by atoms with E-state index >= 15 is 0 Å². The van der Waals surface area contributed by atoms with E-state index in [9.17, 15) is 4.79 Å². The highest BCUT2D eigenvalue weighted by Crippen LogP contribution is 2.12. The van der Waals surface area contributed by atoms with Crippen molar-refractivity contribution in [2.45, 2.75) is 148 Å². The second kappa shape index (κ2) is 25.6. The van der Waals surface area contributed by atoms with Crippen LogP contribution in [-0.4, -0.2) is 31.7 Å². The van der Waals surface area contributed by atoms with Gasteiger partial charge in [-0.1, -0.05) is 123 Å². The first-order chi connectivity index (χ1) is 15.2. The van der Waals surface area contributed by atoms with Crippen molar-refractivity contribution in [3.05, 3.63) is 0 Å². The molecule has 0 aromatic carbocycles. The molecule has 1 atom stereocenters. The van der Waals surface area contributed by atoms with Gasteiger partial charge in [-0.2, -0.15) is 0 Å². The third kappa shape index (κ3) is 23.9. The number of hydrogen-bond donors (Lipinski definition) is 2. The fraction of sp³-hybridized carbons (Fsp3) is 0.963. The lowest BCUT2D eigenvalue weighted by atomic mass is 10.1. The van der Waals surface area contributed by atoms with Crippen LogP contribution < -0.4 is 11.1 Å². The Morgan fingerprint density at radius 1 is 0.677 bits per heavy atom. The largest absolute Gasteiger partial charge is 0.379 e. The van der Waals surface area contributed by atoms with Gasteiger partial charge in [0.2, 0.25) is 5.91 Å². The van der Waals surface area contributed by atoms with Crippen molar-refractivity contribution in [3.8, 4) is 0 Å². The molecule has 0 aromatic heterocycles. The molecule has 4 nitrogen and oxygen atoms in total. The zero-order valence-electron chi connectivity index (χ0n) is 21.2. The van der Waals surface area contributed by atoms with E-state index in [1.165, 1.54) is 103 Å². The minimum atomic E-state index is -0.0470. The Hall–Kier alpha value is -0.610. The molecule has 0 heterocycles. The zero-order valence-corrected chi connectivity index (χ0v) is 21.2. The summed E-state index contributed by atoms with van der Waals surface area (Å²) in [4.78, 5) is 12.1. The van der Waals surface area contributed by atoms with Crippen molar-refractivity contribution in [1.82, 2.24) is 5.32 Å². The molecule has 3 N–H and O–H groups in total. The minimum Gasteiger partial charge on any atom is -0.379 e. The highest BCUT2D eigenvalue weighted by Gasteiger charge is 2.10. The summed E-state index contributed by atoms with van der Waals surface area (Å²) < 4.78 is 5.75. The molecule has 0 aliphatic carbocycles. The molecule has 0 radical (unpaired) electrons. The predicted molar refractivity (Wildman–Crippen MR) is 135 cm³/mol. The maximum absolute atomic E-state index is 12.1. The second-order valence-corrected chi connectivity index (χ2v) is 9.34. The summed E-state index contributed by atoms with van der Waals surface area (Å²) in [5, 5.41) is 3.04. The smallest absolute Gasteiger partial charge is 0.220 e. The monoisotopic (exact) mass is 440 g/mol. The predicted octanol–water partition coefficient (Wildman–Crippen LogP) is 7.29. The van der Waals surface area contributed by atoms with E-state index in [2.05, 4.69) is 19.2 Å². The third-order valence-electron chi connectivity index (χ3n) is 6.12. The molecular formula is C27H56N2O2. The summed E-state index contributed by atoms with van der Waals surface area (Å²) in [6.45, 7) is 6.29. The molecule has 1 amide bonds. The summed E-state index contributed by atoms with van der Waals surface area (Å²) in [5.41, 5.74) is 5.81. The van der Waals surface area contributed by atoms with E-state index in [0.717, 1.165) is 25.9 Å². The summed E-state index contributed by atoms with van der Waals surface area (Å²) in [5.74, 6) is 0.127. The standard InChI is InChI=1S/C27H56N2O2/c1-3-5-7-9-11-13-14-15-16-18-20-22-27(30)29-26(24-28)25-31-23-21-19-17-12-10-8-6-4-2/h26H,3-25,28H2,1-2H3,(H,29,30). The Kier molecular flexibility index (Phi) is 25.1. The van der Waals surface area contributed by atoms with E-state index in [-0.39, 0.29) is 11.9 Å². The minimum absolute atomic E-state index is 0.0470. The van der Waals surface area contributed by atoms with Crippen LogP contribution in [0.4, 0.5) is 0 Å². The maximum Gasteiger partial charge on any atom is 0.220 e. The molecule has 0 spiro atoms. The van der Waals surface area contributed by atoms with Crippen molar-refractivity contribution in [1.29, 1.82) is 0 Å². The lowest BCUT2D eigenvalue weighted by Crippen LogP contribution is -2.43. The molecule has 1 unspecified atom stereocenters. The molecule has 0 rings (SSSR count). The van der Waals surface area contributed by atoms with Gasteiger partial charge in [0.1, 0.15) is 0 Å². The summed E-state index contributed by atoms with van der Waals surface area (Å²) in [6.07, 6.45) is 25.4. The number of rotatable bonds is 25. The Morgan fingerprint density at radius 3 is 1.55 bits per heavy atom. The maximum atomic E-state index is 12.1. The van der Waals surface area contributed by atoms with E-state index in [1.54, 1.807) is 0 Å². The number of nitrogens with one attached hydrogen (secondary N) is 1. The van der Waals surface area contributed by atoms with Crippen LogP contribution in [0.1, 0.15) is 142 Å². The third-order valence-corrected chi connectivity index (χ3v) is 6.12. The van der Waals surface area contributed by atoms with Crippen LogP contribution in [0.2, 0.25) is 0 Å². The molecule has 0 aliphatic heterocycles. The normalized spacial score (nSPS) is 12.2. The number of nitrogens with two attached hydrogens (primary N) is 1. The number of carbonyl (C=O) groups is 1. The molecule has 4 heteroatoms. The van der Waals surface area contributed by atoms with Gasteiger partial charge < -0.3 is 15.8 Å². The fourth-order valence-electron chi connectivity index (χ4n) is 3.98. The SMILES string of the molecule is CCCCCCCCCCCCCC(=O)NC(CN)COCCCCCCCCCC. The van der Waals surface area contributed by atoms with Crippen LogP contribution >= 0.6 is 0 Å². The zero-order chi connectivity index (χ0) is 22.8. The van der Waals surface area contributed by atoms with Gasteiger partial charge in [0.25, 0.3) is 0 Å². The van der Waals surface area contributed by atoms with Crippen molar-refractivity contribution >= 4 is 5.91 Å². The van der Waals surface area contributed by atoms with Crippen molar-refractivity contribution in [3.63, 3.8) is 0 Å². The van der Waals surface area contributed by atoms with Crippen molar-refractivity contribution in [2.75, 3.05) is 19.8 Å². The topological polar surface area (TPSA) is 64.4 Å². The first-order valence-corrected chi connectivity index (χ1v) is 13.8. The van der Waals surface area contributed by atoms with Gasteiger partial charge in [-0.25, -0.2) is 0 Å². The molecule has 0 aromatic rings. The number of amides is 1. The van der Waals surface area contributed by atoms with Gasteiger partial charge in [0.15, 0.2) is 0 Å². The van der Waals surface area contributed by atoms with Gasteiger partial charge >= 0.3 is 0 Å². The Balaban J connectivity index is 3.44. The molecule has 186 valence electrons. The fourth-order valence-corrected chi connectivity index (χ4v) is 3.98. The van der Waals surface area contributed by atoms with Gasteiger partial charge in [0, 0.05) is 19.6 Å². The average Bonchev–Trinajstić information content (AvgIpc) is 2.77. The first-order valence-electron chi connectivity index (χ1n) is 13.8. The Morgan fingerprint density at radius 2 is 1.10 bits per heavy atom. The van der Waals surface area contributed by atoms with E-state index < -0.39 is 0 Å². The summed E-state index contributed by atoms with van der Waals surface area (Å²) >= 11 is 0. The number of carbonyl (C=O) groups excluding carboxylic acids is 1. The molecule has 0 aliphatic rings. The van der Waals surface area contributed by atoms with E-state index in [1.807, 2.05) is 0 Å².